The maximum Gasteiger partial charge on any atom is 0.216 e. The first-order chi connectivity index (χ1) is 65.0. The van der Waals surface area contributed by atoms with E-state index in [0.717, 1.165) is 195 Å². The average Bonchev–Trinajstić information content (AvgIpc) is 0.969. The molecule has 0 unspecified atom stereocenters. The molecule has 0 rings (SSSR count). The van der Waals surface area contributed by atoms with E-state index in [4.69, 9.17) is 50.1 Å². The first-order valence-corrected chi connectivity index (χ1v) is 57.1. The molecule has 142 heavy (non-hydrogen) atoms. The number of methoxy groups -OCH3 is 1. The van der Waals surface area contributed by atoms with Crippen LogP contribution in [0.3, 0.4) is 0 Å². The van der Waals surface area contributed by atoms with Gasteiger partial charge in [-0.3, -0.25) is 4.79 Å². The Morgan fingerprint density at radius 2 is 0.768 bits per heavy atom. The number of ether oxygens (including phenoxy) is 1. The van der Waals surface area contributed by atoms with E-state index in [0.29, 0.717) is 73.3 Å². The van der Waals surface area contributed by atoms with Gasteiger partial charge in [-0.25, -0.2) is 0 Å². The number of ketones is 2. The fraction of sp³-hybridized carbons (Fsp3) is 0.920. The third-order valence-corrected chi connectivity index (χ3v) is 17.6. The van der Waals surface area contributed by atoms with E-state index in [2.05, 4.69) is 341 Å². The maximum atomic E-state index is 10.5. The normalized spacial score (nSPS) is 10.3. The summed E-state index contributed by atoms with van der Waals surface area (Å²) in [5.41, 5.74) is 15.9. The molecule has 0 fully saturated rings. The number of carbonyl (C=O) groups excluding carboxylic acids is 4. The Morgan fingerprint density at radius 3 is 0.894 bits per heavy atom. The quantitative estimate of drug-likeness (QED) is 0.0117. The molecule has 0 saturated heterocycles. The third-order valence-electron chi connectivity index (χ3n) is 17.6. The number of rotatable bonds is 51. The van der Waals surface area contributed by atoms with Gasteiger partial charge >= 0.3 is 0 Å². The number of hydrogen-bond donors (Lipinski definition) is 11. The maximum absolute atomic E-state index is 10.5. The van der Waals surface area contributed by atoms with Crippen LogP contribution in [0.25, 0.3) is 0 Å². The minimum Gasteiger partial charge on any atom is -0.396 e. The number of amides is 1. The summed E-state index contributed by atoms with van der Waals surface area (Å²) in [5.74, 6) is 19.1. The van der Waals surface area contributed by atoms with E-state index in [1.165, 1.54) is 103 Å². The van der Waals surface area contributed by atoms with E-state index in [-0.39, 0.29) is 36.9 Å². The number of aliphatic hydroxyl groups excluding tert-OH is 3. The molecule has 0 aromatic heterocycles. The zero-order chi connectivity index (χ0) is 116. The molecule has 1 atom stereocenters. The molecule has 0 aromatic carbocycles. The lowest BCUT2D eigenvalue weighted by molar-refractivity contribution is -0.119. The molecule has 0 heterocycles. The number of Topliss-reactive ketones (excluding diaryl/α,β-unsaturated/α-hetero) is 2. The van der Waals surface area contributed by atoms with Crippen molar-refractivity contribution in [2.75, 3.05) is 120 Å². The Balaban J connectivity index is -0.0000000572. The van der Waals surface area contributed by atoms with Gasteiger partial charge in [0.05, 0.1) is 19.3 Å². The lowest BCUT2D eigenvalue weighted by atomic mass is 9.91. The standard InChI is InChI=1S/C8H19N.C7H15NO.C7H17NO.2C7H17N.C7H14O.2C7H16.C6H15N.C6H14O2.C6H12O.C6H14.C6H12.2C6H10.3C5H13N.C5H12O.C5H10O.CH4/c1-7(2)5-6-9-8(3)4;1-6(2)4-5-8-7(3)9;1-3-4-5-8-6-7-9-2;1-7(2)5-6-8(3)4;1-4-8-6-5-7(2)3;1-6(8)5-7(2,3)4;2*1-4-5-6-7(2)3;1-6(2)4-5-7-3;1-5(2)3-6(8)4-7;1-5(2)4-6(3)7;4*1-4-5-6(2)3;5*1-5(2)3-4-6;/h7-9H,5-6H2,1-4H3;6H,4-5H2,1-3H3,(H,8,9);8H,3-7H2,1-2H3;7H,5-6H2,1-4H3;7-8H,4-6H2,1-3H3;5H2,1-4H3;2*7H,4-6H2,1-3H3;6-7H,4-5H2,1-3H3;5-8H,3-4H2,1-2H3;5H,4H2,1-3H3;6H,4-5H2,1-3H3;4,6H,1,5H2,2-3H3;2*1,6H,5H2,2-3H3;3*5H,3-4,6H2,1-2H3;5-6H,3-4H2,1-2H3;4-5H,3H2,1-2H3;1H4/t;;;;;;;;;6-;;;;;;;;;;;/m.........0.........../s1. The van der Waals surface area contributed by atoms with Gasteiger partial charge in [0.25, 0.3) is 0 Å². The largest absolute Gasteiger partial charge is 0.396 e. The molecule has 1 amide bonds. The van der Waals surface area contributed by atoms with Crippen molar-refractivity contribution in [3.8, 4) is 24.7 Å². The lowest BCUT2D eigenvalue weighted by Crippen LogP contribution is -2.24. The van der Waals surface area contributed by atoms with Crippen molar-refractivity contribution in [1.29, 1.82) is 0 Å². The highest BCUT2D eigenvalue weighted by Crippen LogP contribution is 2.18. The van der Waals surface area contributed by atoms with Crippen molar-refractivity contribution in [2.45, 2.75) is 526 Å². The Kier molecular flexibility index (Phi) is 222. The molecule has 876 valence electrons. The Labute approximate surface area is 901 Å². The van der Waals surface area contributed by atoms with Crippen LogP contribution in [0.5, 0.6) is 0 Å². The molecule has 0 aliphatic rings. The number of nitrogens with zero attached hydrogens (tertiary/aromatic N) is 1. The van der Waals surface area contributed by atoms with Crippen molar-refractivity contribution in [3.05, 3.63) is 12.7 Å². The molecule has 0 radical (unpaired) electrons. The minimum absolute atomic E-state index is 0. The SMILES string of the molecule is C.C#CCC(C)C.C#CCC(C)C.C=CCC(C)C.CC(=O)CC(C)(C)C.CC(=O)CC(C)C.CC(=O)NCCC(C)C.CC(C)CC=O.CC(C)CCN.CC(C)CCN.CC(C)CCN.CC(C)CCN(C)C.CC(C)CCNC(C)C.CC(C)CCO.CC(C)C[C@H](O)CO.CCCC(C)C.CCCCC(C)C.CCCCC(C)C.CCCCNCCOC.CCNCCC(C)C.CNCCC(C)C. The molecule has 0 saturated carbocycles. The fourth-order valence-corrected chi connectivity index (χ4v) is 9.31. The highest BCUT2D eigenvalue weighted by Gasteiger charge is 2.12. The highest BCUT2D eigenvalue weighted by atomic mass is 16.5. The second kappa shape index (κ2) is 166. The number of nitrogens with one attached hydrogen (secondary N) is 5. The highest BCUT2D eigenvalue weighted by molar-refractivity contribution is 5.76. The van der Waals surface area contributed by atoms with E-state index in [9.17, 15) is 19.2 Å². The van der Waals surface area contributed by atoms with Gasteiger partial charge in [-0.15, -0.1) is 31.3 Å². The van der Waals surface area contributed by atoms with Crippen molar-refractivity contribution >= 4 is 23.8 Å². The summed E-state index contributed by atoms with van der Waals surface area (Å²) < 4.78 is 4.86. The van der Waals surface area contributed by atoms with Crippen LogP contribution in [0.1, 0.15) is 514 Å². The summed E-state index contributed by atoms with van der Waals surface area (Å²) in [7, 11) is 7.94. The van der Waals surface area contributed by atoms with Gasteiger partial charge in [0.15, 0.2) is 0 Å². The van der Waals surface area contributed by atoms with Crippen LogP contribution >= 0.6 is 0 Å². The zero-order valence-corrected chi connectivity index (χ0v) is 107. The summed E-state index contributed by atoms with van der Waals surface area (Å²) in [6.07, 6.45) is 42.3. The minimum atomic E-state index is -0.519. The zero-order valence-electron chi connectivity index (χ0n) is 107. The second-order valence-electron chi connectivity index (χ2n) is 46.5. The topological polar surface area (TPSA) is 280 Å². The van der Waals surface area contributed by atoms with Crippen LogP contribution in [0.2, 0.25) is 0 Å². The number of aldehydes is 1. The van der Waals surface area contributed by atoms with Crippen molar-refractivity contribution in [2.24, 2.45) is 129 Å². The summed E-state index contributed by atoms with van der Waals surface area (Å²) in [4.78, 5) is 42.9. The fourth-order valence-electron chi connectivity index (χ4n) is 9.31. The Morgan fingerprint density at radius 1 is 0.423 bits per heavy atom. The van der Waals surface area contributed by atoms with Crippen molar-refractivity contribution < 1.29 is 39.2 Å². The molecule has 14 N–H and O–H groups in total. The van der Waals surface area contributed by atoms with Crippen LogP contribution in [0.15, 0.2) is 12.7 Å². The van der Waals surface area contributed by atoms with Gasteiger partial charge in [-0.1, -0.05) is 390 Å². The van der Waals surface area contributed by atoms with Crippen molar-refractivity contribution in [3.63, 3.8) is 0 Å². The predicted molar refractivity (Wildman–Crippen MR) is 656 cm³/mol. The third kappa shape index (κ3) is 406. The van der Waals surface area contributed by atoms with E-state index >= 15 is 0 Å². The van der Waals surface area contributed by atoms with Gasteiger partial charge in [-0.2, -0.15) is 0 Å². The first kappa shape index (κ1) is 190. The molecule has 17 nitrogen and oxygen atoms in total. The molecular weight excluding hydrogens is 1760 g/mol. The molecule has 0 bridgehead atoms. The van der Waals surface area contributed by atoms with Gasteiger partial charge in [-0.05, 0) is 283 Å². The van der Waals surface area contributed by atoms with Crippen molar-refractivity contribution in [1.82, 2.24) is 31.5 Å². The van der Waals surface area contributed by atoms with Crippen LogP contribution < -0.4 is 43.8 Å². The van der Waals surface area contributed by atoms with Gasteiger partial charge in [0.2, 0.25) is 5.91 Å². The van der Waals surface area contributed by atoms with Gasteiger partial charge in [0, 0.05) is 71.9 Å². The Bertz CT molecular complexity index is 2050. The first-order valence-electron chi connectivity index (χ1n) is 57.1. The number of allylic oxidation sites excluding steroid dienone is 1. The van der Waals surface area contributed by atoms with Gasteiger partial charge < -0.3 is 83.1 Å². The monoisotopic (exact) mass is 2040 g/mol. The molecule has 0 aromatic rings. The number of terminal acetylenes is 2. The summed E-state index contributed by atoms with van der Waals surface area (Å²) in [6.45, 7) is 120. The smallest absolute Gasteiger partial charge is 0.216 e. The van der Waals surface area contributed by atoms with E-state index in [1.54, 1.807) is 27.9 Å². The molecule has 17 heteroatoms. The molecule has 0 spiro atoms. The summed E-state index contributed by atoms with van der Waals surface area (Å²) in [6, 6.07) is 0.642. The summed E-state index contributed by atoms with van der Waals surface area (Å²) >= 11 is 0. The predicted octanol–water partition coefficient (Wildman–Crippen LogP) is 32.3. The van der Waals surface area contributed by atoms with E-state index < -0.39 is 6.10 Å². The number of unbranched alkanes of at least 4 members (excludes halogenated alkanes) is 3. The van der Waals surface area contributed by atoms with Crippen LogP contribution in [0, 0.1) is 137 Å². The number of hydrogen-bond acceptors (Lipinski definition) is 16. The van der Waals surface area contributed by atoms with Crippen LogP contribution in [0.4, 0.5) is 0 Å². The number of carbonyl (C=O) groups is 4. The lowest BCUT2D eigenvalue weighted by Gasteiger charge is -2.14. The molecule has 0 aliphatic carbocycles. The second-order valence-corrected chi connectivity index (χ2v) is 46.5. The van der Waals surface area contributed by atoms with Crippen LogP contribution in [-0.2, 0) is 23.9 Å². The Hall–Kier alpha value is -3.14. The number of aliphatic hydroxyl groups is 3. The van der Waals surface area contributed by atoms with Crippen LogP contribution in [-0.4, -0.2) is 176 Å². The molecular formula is C125H283N9O8. The van der Waals surface area contributed by atoms with E-state index in [1.807, 2.05) is 54.7 Å². The number of nitrogens with two attached hydrogens (primary N) is 3. The summed E-state index contributed by atoms with van der Waals surface area (Å²) in [5, 5.41) is 41.1. The van der Waals surface area contributed by atoms with Gasteiger partial charge in [0.1, 0.15) is 17.9 Å². The average molecular weight is 2040 g/mol. The molecule has 0 aliphatic heterocycles.